The number of aryl methyl sites for hydroxylation is 1. The number of benzene rings is 2. The second-order valence-electron chi connectivity index (χ2n) is 11.5. The lowest BCUT2D eigenvalue weighted by atomic mass is 9.99. The normalized spacial score (nSPS) is 22.1. The minimum atomic E-state index is -0.579. The zero-order chi connectivity index (χ0) is 28.8. The molecule has 0 radical (unpaired) electrons. The van der Waals surface area contributed by atoms with Crippen LogP contribution in [0.1, 0.15) is 57.6 Å². The van der Waals surface area contributed by atoms with E-state index < -0.39 is 6.04 Å². The van der Waals surface area contributed by atoms with E-state index in [1.807, 2.05) is 24.3 Å². The SMILES string of the molecule is CC(=O)N[C@@H]1C[C@H]2C(=O)N([C@H](CC(C)C)C(=O)NCc3ccc(Cl)c(Cl)c3)CCC(CCc3ccccc3)N2C1. The molecule has 0 aliphatic carbocycles. The molecule has 216 valence electrons. The van der Waals surface area contributed by atoms with Gasteiger partial charge in [0.15, 0.2) is 0 Å². The number of amides is 3. The highest BCUT2D eigenvalue weighted by atomic mass is 35.5. The van der Waals surface area contributed by atoms with Crippen LogP contribution in [0.4, 0.5) is 0 Å². The Morgan fingerprint density at radius 2 is 1.80 bits per heavy atom. The summed E-state index contributed by atoms with van der Waals surface area (Å²) in [6.45, 7) is 7.11. The highest BCUT2D eigenvalue weighted by Crippen LogP contribution is 2.31. The van der Waals surface area contributed by atoms with Crippen LogP contribution in [-0.2, 0) is 27.3 Å². The van der Waals surface area contributed by atoms with Crippen LogP contribution in [-0.4, -0.2) is 64.8 Å². The first kappa shape index (κ1) is 30.4. The third-order valence-corrected chi connectivity index (χ3v) is 8.66. The minimum Gasteiger partial charge on any atom is -0.352 e. The van der Waals surface area contributed by atoms with Crippen LogP contribution < -0.4 is 10.6 Å². The number of nitrogens with zero attached hydrogens (tertiary/aromatic N) is 2. The van der Waals surface area contributed by atoms with Crippen molar-refractivity contribution in [2.45, 2.75) is 83.6 Å². The largest absolute Gasteiger partial charge is 0.352 e. The van der Waals surface area contributed by atoms with Crippen LogP contribution in [0.5, 0.6) is 0 Å². The van der Waals surface area contributed by atoms with Gasteiger partial charge >= 0.3 is 0 Å². The van der Waals surface area contributed by atoms with Gasteiger partial charge in [0.1, 0.15) is 6.04 Å². The maximum atomic E-state index is 14.1. The average molecular weight is 588 g/mol. The van der Waals surface area contributed by atoms with Crippen LogP contribution in [0.2, 0.25) is 10.0 Å². The van der Waals surface area contributed by atoms with Gasteiger partial charge in [0.05, 0.1) is 16.1 Å². The molecule has 0 bridgehead atoms. The van der Waals surface area contributed by atoms with E-state index in [-0.39, 0.29) is 41.8 Å². The Balaban J connectivity index is 1.53. The van der Waals surface area contributed by atoms with Crippen molar-refractivity contribution in [1.82, 2.24) is 20.4 Å². The summed E-state index contributed by atoms with van der Waals surface area (Å²) in [5, 5.41) is 6.96. The number of carbonyl (C=O) groups excluding carboxylic acids is 3. The number of nitrogens with one attached hydrogen (secondary N) is 2. The molecule has 7 nitrogen and oxygen atoms in total. The lowest BCUT2D eigenvalue weighted by molar-refractivity contribution is -0.143. The van der Waals surface area contributed by atoms with E-state index in [2.05, 4.69) is 41.5 Å². The maximum Gasteiger partial charge on any atom is 0.243 e. The summed E-state index contributed by atoms with van der Waals surface area (Å²) in [6.07, 6.45) is 3.71. The second kappa shape index (κ2) is 13.8. The Hall–Kier alpha value is -2.61. The van der Waals surface area contributed by atoms with Gasteiger partial charge in [-0.25, -0.2) is 0 Å². The minimum absolute atomic E-state index is 0.0228. The molecule has 0 saturated carbocycles. The van der Waals surface area contributed by atoms with Gasteiger partial charge in [0, 0.05) is 38.6 Å². The highest BCUT2D eigenvalue weighted by molar-refractivity contribution is 6.42. The molecule has 2 fully saturated rings. The zero-order valence-corrected chi connectivity index (χ0v) is 25.0. The summed E-state index contributed by atoms with van der Waals surface area (Å²) in [6, 6.07) is 14.8. The molecule has 3 amide bonds. The summed E-state index contributed by atoms with van der Waals surface area (Å²) >= 11 is 12.2. The summed E-state index contributed by atoms with van der Waals surface area (Å²) < 4.78 is 0. The van der Waals surface area contributed by atoms with E-state index in [0.717, 1.165) is 24.8 Å². The predicted molar refractivity (Wildman–Crippen MR) is 159 cm³/mol. The van der Waals surface area contributed by atoms with Gasteiger partial charge in [0.2, 0.25) is 17.7 Å². The highest BCUT2D eigenvalue weighted by Gasteiger charge is 2.46. The Morgan fingerprint density at radius 3 is 2.48 bits per heavy atom. The van der Waals surface area contributed by atoms with Crippen molar-refractivity contribution in [3.05, 3.63) is 69.7 Å². The number of carbonyl (C=O) groups is 3. The Labute approximate surface area is 247 Å². The third-order valence-electron chi connectivity index (χ3n) is 7.92. The fraction of sp³-hybridized carbons (Fsp3) is 0.516. The molecule has 2 aliphatic rings. The van der Waals surface area contributed by atoms with Crippen molar-refractivity contribution < 1.29 is 14.4 Å². The molecule has 2 saturated heterocycles. The van der Waals surface area contributed by atoms with Crippen molar-refractivity contribution in [3.8, 4) is 0 Å². The monoisotopic (exact) mass is 586 g/mol. The summed E-state index contributed by atoms with van der Waals surface area (Å²) in [5.41, 5.74) is 2.11. The lowest BCUT2D eigenvalue weighted by Crippen LogP contribution is -2.53. The van der Waals surface area contributed by atoms with Crippen molar-refractivity contribution >= 4 is 40.9 Å². The smallest absolute Gasteiger partial charge is 0.243 e. The molecule has 2 heterocycles. The fourth-order valence-corrected chi connectivity index (χ4v) is 6.35. The van der Waals surface area contributed by atoms with E-state index in [9.17, 15) is 14.4 Å². The van der Waals surface area contributed by atoms with Gasteiger partial charge in [-0.05, 0) is 61.3 Å². The summed E-state index contributed by atoms with van der Waals surface area (Å²) in [7, 11) is 0. The molecular formula is C31H40Cl2N4O3. The van der Waals surface area contributed by atoms with E-state index in [0.29, 0.717) is 42.5 Å². The molecule has 0 aromatic heterocycles. The van der Waals surface area contributed by atoms with Crippen molar-refractivity contribution in [1.29, 1.82) is 0 Å². The van der Waals surface area contributed by atoms with Gasteiger partial charge in [-0.3, -0.25) is 19.3 Å². The molecule has 1 unspecified atom stereocenters. The molecule has 9 heteroatoms. The van der Waals surface area contributed by atoms with E-state index in [1.165, 1.54) is 12.5 Å². The molecule has 2 aromatic rings. The van der Waals surface area contributed by atoms with Crippen molar-refractivity contribution in [2.75, 3.05) is 13.1 Å². The van der Waals surface area contributed by atoms with Gasteiger partial charge in [-0.15, -0.1) is 0 Å². The number of rotatable bonds is 10. The molecule has 2 N–H and O–H groups in total. The van der Waals surface area contributed by atoms with Crippen LogP contribution in [0, 0.1) is 5.92 Å². The van der Waals surface area contributed by atoms with Crippen LogP contribution in [0.15, 0.2) is 48.5 Å². The Morgan fingerprint density at radius 1 is 1.05 bits per heavy atom. The number of fused-ring (bicyclic) bond motifs is 1. The average Bonchev–Trinajstić information content (AvgIpc) is 3.28. The Kier molecular flexibility index (Phi) is 10.5. The quantitative estimate of drug-likeness (QED) is 0.417. The zero-order valence-electron chi connectivity index (χ0n) is 23.5. The van der Waals surface area contributed by atoms with Crippen LogP contribution >= 0.6 is 23.2 Å². The van der Waals surface area contributed by atoms with Crippen LogP contribution in [0.3, 0.4) is 0 Å². The molecule has 40 heavy (non-hydrogen) atoms. The molecule has 2 aliphatic heterocycles. The molecule has 4 rings (SSSR count). The first-order valence-electron chi connectivity index (χ1n) is 14.2. The first-order valence-corrected chi connectivity index (χ1v) is 15.0. The number of halogens is 2. The topological polar surface area (TPSA) is 81.8 Å². The molecule has 0 spiro atoms. The molecular weight excluding hydrogens is 547 g/mol. The van der Waals surface area contributed by atoms with E-state index in [1.54, 1.807) is 17.0 Å². The van der Waals surface area contributed by atoms with Crippen molar-refractivity contribution in [2.24, 2.45) is 5.92 Å². The predicted octanol–water partition coefficient (Wildman–Crippen LogP) is 4.84. The van der Waals surface area contributed by atoms with E-state index >= 15 is 0 Å². The third kappa shape index (κ3) is 7.77. The number of hydrogen-bond acceptors (Lipinski definition) is 4. The summed E-state index contributed by atoms with van der Waals surface area (Å²) in [4.78, 5) is 43.7. The van der Waals surface area contributed by atoms with Gasteiger partial charge in [-0.1, -0.05) is 73.4 Å². The van der Waals surface area contributed by atoms with Gasteiger partial charge < -0.3 is 15.5 Å². The first-order chi connectivity index (χ1) is 19.1. The molecule has 2 aromatic carbocycles. The second-order valence-corrected chi connectivity index (χ2v) is 12.3. The fourth-order valence-electron chi connectivity index (χ4n) is 6.03. The van der Waals surface area contributed by atoms with E-state index in [4.69, 9.17) is 23.2 Å². The standard InChI is InChI=1S/C31H40Cl2N4O3/c1-20(2)15-28(30(39)34-18-23-10-12-26(32)27(33)16-23)36-14-13-25(11-9-22-7-5-4-6-8-22)37-19-24(35-21(3)38)17-29(37)31(36)40/h4-8,10,12,16,20,24-25,28-29H,9,11,13-15,17-19H2,1-3H3,(H,34,39)(H,35,38)/t24-,25?,28-,29+/m1/s1. The van der Waals surface area contributed by atoms with Gasteiger partial charge in [0.25, 0.3) is 0 Å². The van der Waals surface area contributed by atoms with Crippen molar-refractivity contribution in [3.63, 3.8) is 0 Å². The van der Waals surface area contributed by atoms with Gasteiger partial charge in [-0.2, -0.15) is 0 Å². The van der Waals surface area contributed by atoms with Crippen LogP contribution in [0.25, 0.3) is 0 Å². The maximum absolute atomic E-state index is 14.1. The number of hydrogen-bond donors (Lipinski definition) is 2. The lowest BCUT2D eigenvalue weighted by Gasteiger charge is -2.33. The summed E-state index contributed by atoms with van der Waals surface area (Å²) in [5.74, 6) is -0.0613. The molecule has 4 atom stereocenters. The Bertz CT molecular complexity index is 1190.